The number of carbonyl (C=O) groups excluding carboxylic acids is 2. The third kappa shape index (κ3) is 3.35. The van der Waals surface area contributed by atoms with Crippen LogP contribution >= 0.6 is 0 Å². The standard InChI is InChI=1S/C19H20FN3O5/c1-4-26-18(24)14-10(3)21-13(9-20)16(19(25)27-5-2)15(14)11-7-6-8-12-17(11)23-28-22-12/h6-8,15,21H,4-5,9H2,1-3H3. The maximum Gasteiger partial charge on any atom is 0.336 e. The van der Waals surface area contributed by atoms with E-state index in [-0.39, 0.29) is 30.1 Å². The molecule has 1 unspecified atom stereocenters. The van der Waals surface area contributed by atoms with Crippen LogP contribution in [0.5, 0.6) is 0 Å². The Morgan fingerprint density at radius 2 is 1.82 bits per heavy atom. The van der Waals surface area contributed by atoms with E-state index in [1.807, 2.05) is 0 Å². The van der Waals surface area contributed by atoms with Crippen molar-refractivity contribution in [2.24, 2.45) is 0 Å². The van der Waals surface area contributed by atoms with E-state index in [1.165, 1.54) is 0 Å². The van der Waals surface area contributed by atoms with E-state index in [4.69, 9.17) is 14.1 Å². The van der Waals surface area contributed by atoms with Gasteiger partial charge in [0.05, 0.1) is 36.0 Å². The lowest BCUT2D eigenvalue weighted by molar-refractivity contribution is -0.139. The number of hydrogen-bond acceptors (Lipinski definition) is 8. The van der Waals surface area contributed by atoms with Gasteiger partial charge in [0.2, 0.25) is 0 Å². The van der Waals surface area contributed by atoms with Crippen molar-refractivity contribution in [3.63, 3.8) is 0 Å². The summed E-state index contributed by atoms with van der Waals surface area (Å²) < 4.78 is 29.0. The predicted molar refractivity (Wildman–Crippen MR) is 96.6 cm³/mol. The third-order valence-electron chi connectivity index (χ3n) is 4.40. The van der Waals surface area contributed by atoms with Gasteiger partial charge in [-0.25, -0.2) is 18.6 Å². The highest BCUT2D eigenvalue weighted by Gasteiger charge is 2.40. The van der Waals surface area contributed by atoms with Crippen LogP contribution in [-0.2, 0) is 19.1 Å². The van der Waals surface area contributed by atoms with Crippen LogP contribution in [0.1, 0.15) is 32.3 Å². The highest BCUT2D eigenvalue weighted by Crippen LogP contribution is 2.41. The SMILES string of the molecule is CCOC(=O)C1=C(C)NC(CF)=C(C(=O)OCC)C1c1cccc2nonc12. The first-order valence-corrected chi connectivity index (χ1v) is 8.85. The summed E-state index contributed by atoms with van der Waals surface area (Å²) >= 11 is 0. The Morgan fingerprint density at radius 1 is 1.14 bits per heavy atom. The Balaban J connectivity index is 2.28. The molecule has 8 nitrogen and oxygen atoms in total. The van der Waals surface area contributed by atoms with Crippen LogP contribution in [0, 0.1) is 0 Å². The number of hydrogen-bond donors (Lipinski definition) is 1. The van der Waals surface area contributed by atoms with Crippen LogP contribution in [0.3, 0.4) is 0 Å². The van der Waals surface area contributed by atoms with Crippen molar-refractivity contribution in [3.05, 3.63) is 46.3 Å². The number of dihydropyridines is 1. The minimum Gasteiger partial charge on any atom is -0.463 e. The fraction of sp³-hybridized carbons (Fsp3) is 0.368. The zero-order valence-corrected chi connectivity index (χ0v) is 15.7. The van der Waals surface area contributed by atoms with Crippen molar-refractivity contribution in [1.29, 1.82) is 0 Å². The average molecular weight is 389 g/mol. The summed E-state index contributed by atoms with van der Waals surface area (Å²) in [7, 11) is 0. The fourth-order valence-electron chi connectivity index (χ4n) is 3.30. The first kappa shape index (κ1) is 19.5. The number of fused-ring (bicyclic) bond motifs is 1. The van der Waals surface area contributed by atoms with Gasteiger partial charge < -0.3 is 14.8 Å². The molecule has 2 heterocycles. The molecule has 28 heavy (non-hydrogen) atoms. The van der Waals surface area contributed by atoms with Crippen LogP contribution in [0.15, 0.2) is 45.4 Å². The summed E-state index contributed by atoms with van der Waals surface area (Å²) in [6.07, 6.45) is 0. The molecule has 148 valence electrons. The van der Waals surface area contributed by atoms with E-state index in [0.29, 0.717) is 22.3 Å². The number of rotatable bonds is 6. The van der Waals surface area contributed by atoms with Crippen molar-refractivity contribution < 1.29 is 28.1 Å². The summed E-state index contributed by atoms with van der Waals surface area (Å²) in [6.45, 7) is 4.25. The summed E-state index contributed by atoms with van der Waals surface area (Å²) in [5, 5.41) is 10.5. The van der Waals surface area contributed by atoms with Gasteiger partial charge in [-0.1, -0.05) is 12.1 Å². The smallest absolute Gasteiger partial charge is 0.336 e. The lowest BCUT2D eigenvalue weighted by Gasteiger charge is -2.30. The Morgan fingerprint density at radius 3 is 2.46 bits per heavy atom. The van der Waals surface area contributed by atoms with Gasteiger partial charge in [0.25, 0.3) is 0 Å². The normalized spacial score (nSPS) is 16.9. The Labute approximate surface area is 160 Å². The molecule has 0 spiro atoms. The molecular weight excluding hydrogens is 369 g/mol. The summed E-state index contributed by atoms with van der Waals surface area (Å²) in [5.74, 6) is -2.29. The number of benzene rings is 1. The summed E-state index contributed by atoms with van der Waals surface area (Å²) in [6, 6.07) is 5.06. The number of halogens is 1. The van der Waals surface area contributed by atoms with Gasteiger partial charge in [-0.15, -0.1) is 0 Å². The van der Waals surface area contributed by atoms with E-state index in [1.54, 1.807) is 39.0 Å². The second-order valence-electron chi connectivity index (χ2n) is 6.04. The summed E-state index contributed by atoms with van der Waals surface area (Å²) in [5.41, 5.74) is 1.87. The average Bonchev–Trinajstić information content (AvgIpc) is 3.16. The molecule has 0 bridgehead atoms. The molecule has 3 rings (SSSR count). The molecule has 1 aliphatic rings. The molecule has 1 aliphatic heterocycles. The van der Waals surface area contributed by atoms with E-state index in [9.17, 15) is 14.0 Å². The Hall–Kier alpha value is -3.23. The maximum atomic E-state index is 13.8. The lowest BCUT2D eigenvalue weighted by atomic mass is 9.80. The highest BCUT2D eigenvalue weighted by molar-refractivity contribution is 6.01. The molecule has 0 saturated heterocycles. The number of carbonyl (C=O) groups is 2. The number of ether oxygens (including phenoxy) is 2. The second kappa shape index (κ2) is 8.20. The molecule has 0 saturated carbocycles. The predicted octanol–water partition coefficient (Wildman–Crippen LogP) is 2.53. The van der Waals surface area contributed by atoms with Crippen LogP contribution in [0.25, 0.3) is 11.0 Å². The molecule has 0 fully saturated rings. The molecule has 2 aromatic rings. The van der Waals surface area contributed by atoms with E-state index >= 15 is 0 Å². The maximum absolute atomic E-state index is 13.8. The van der Waals surface area contributed by atoms with Gasteiger partial charge in [0, 0.05) is 5.70 Å². The van der Waals surface area contributed by atoms with Gasteiger partial charge in [0.1, 0.15) is 17.7 Å². The van der Waals surface area contributed by atoms with Crippen molar-refractivity contribution in [3.8, 4) is 0 Å². The van der Waals surface area contributed by atoms with E-state index < -0.39 is 24.5 Å². The van der Waals surface area contributed by atoms with Gasteiger partial charge in [-0.2, -0.15) is 0 Å². The minimum absolute atomic E-state index is 0.00602. The van der Waals surface area contributed by atoms with Gasteiger partial charge in [-0.3, -0.25) is 0 Å². The molecule has 0 radical (unpaired) electrons. The fourth-order valence-corrected chi connectivity index (χ4v) is 3.30. The number of allylic oxidation sites excluding steroid dienone is 2. The molecule has 9 heteroatoms. The van der Waals surface area contributed by atoms with Gasteiger partial charge in [0.15, 0.2) is 0 Å². The minimum atomic E-state index is -0.944. The first-order valence-electron chi connectivity index (χ1n) is 8.85. The van der Waals surface area contributed by atoms with Crippen molar-refractivity contribution in [2.45, 2.75) is 26.7 Å². The molecule has 1 aromatic carbocycles. The summed E-state index contributed by atoms with van der Waals surface area (Å²) in [4.78, 5) is 25.5. The number of alkyl halides is 1. The number of nitrogens with one attached hydrogen (secondary N) is 1. The monoisotopic (exact) mass is 389 g/mol. The number of esters is 2. The zero-order chi connectivity index (χ0) is 20.3. The van der Waals surface area contributed by atoms with E-state index in [0.717, 1.165) is 0 Å². The first-order chi connectivity index (χ1) is 13.5. The third-order valence-corrected chi connectivity index (χ3v) is 4.40. The molecule has 0 amide bonds. The van der Waals surface area contributed by atoms with Crippen LogP contribution in [-0.4, -0.2) is 42.1 Å². The molecular formula is C19H20FN3O5. The van der Waals surface area contributed by atoms with E-state index in [2.05, 4.69) is 15.6 Å². The second-order valence-corrected chi connectivity index (χ2v) is 6.04. The van der Waals surface area contributed by atoms with Gasteiger partial charge >= 0.3 is 11.9 Å². The molecule has 1 aromatic heterocycles. The lowest BCUT2D eigenvalue weighted by Crippen LogP contribution is -2.34. The molecule has 0 aliphatic carbocycles. The van der Waals surface area contributed by atoms with Crippen LogP contribution in [0.4, 0.5) is 4.39 Å². The highest BCUT2D eigenvalue weighted by atomic mass is 19.1. The topological polar surface area (TPSA) is 104 Å². The zero-order valence-electron chi connectivity index (χ0n) is 15.7. The quantitative estimate of drug-likeness (QED) is 0.752. The van der Waals surface area contributed by atoms with Crippen molar-refractivity contribution >= 4 is 23.0 Å². The Bertz CT molecular complexity index is 979. The Kier molecular flexibility index (Phi) is 5.72. The van der Waals surface area contributed by atoms with Crippen LogP contribution < -0.4 is 5.32 Å². The van der Waals surface area contributed by atoms with Crippen LogP contribution in [0.2, 0.25) is 0 Å². The molecule has 1 N–H and O–H groups in total. The number of aromatic nitrogens is 2. The molecule has 1 atom stereocenters. The van der Waals surface area contributed by atoms with Crippen molar-refractivity contribution in [2.75, 3.05) is 19.9 Å². The number of nitrogens with zero attached hydrogens (tertiary/aromatic N) is 2. The largest absolute Gasteiger partial charge is 0.463 e. The van der Waals surface area contributed by atoms with Crippen molar-refractivity contribution in [1.82, 2.24) is 15.6 Å². The van der Waals surface area contributed by atoms with Gasteiger partial charge in [-0.05, 0) is 42.7 Å².